The van der Waals surface area contributed by atoms with E-state index in [9.17, 15) is 0 Å². The maximum absolute atomic E-state index is 3.68. The summed E-state index contributed by atoms with van der Waals surface area (Å²) in [6.07, 6.45) is 5.14. The number of hydrogen-bond acceptors (Lipinski definition) is 3. The third kappa shape index (κ3) is 4.08. The molecule has 2 atom stereocenters. The van der Waals surface area contributed by atoms with Crippen molar-refractivity contribution in [3.8, 4) is 0 Å². The summed E-state index contributed by atoms with van der Waals surface area (Å²) in [5.41, 5.74) is 0. The molecule has 1 N–H and O–H groups in total. The van der Waals surface area contributed by atoms with Gasteiger partial charge in [0.05, 0.1) is 0 Å². The summed E-state index contributed by atoms with van der Waals surface area (Å²) in [4.78, 5) is 4.18. The van der Waals surface area contributed by atoms with Crippen LogP contribution in [0.3, 0.4) is 0 Å². The Hall–Kier alpha value is -0.380. The molecule has 1 aliphatic heterocycles. The molecule has 2 rings (SSSR count). The van der Waals surface area contributed by atoms with Gasteiger partial charge >= 0.3 is 0 Å². The smallest absolute Gasteiger partial charge is 0.0195 e. The van der Waals surface area contributed by atoms with Crippen LogP contribution >= 0.6 is 11.3 Å². The summed E-state index contributed by atoms with van der Waals surface area (Å²) in [5.74, 6) is 0. The van der Waals surface area contributed by atoms with E-state index in [1.807, 2.05) is 11.3 Å². The predicted octanol–water partition coefficient (Wildman–Crippen LogP) is 3.14. The minimum Gasteiger partial charge on any atom is -0.313 e. The average Bonchev–Trinajstić information content (AvgIpc) is 2.89. The molecule has 3 heteroatoms. The van der Waals surface area contributed by atoms with Gasteiger partial charge in [-0.15, -0.1) is 11.3 Å². The van der Waals surface area contributed by atoms with E-state index in [-0.39, 0.29) is 0 Å². The standard InChI is InChI=1S/C15H26N2S/c1-3-8-16-14-6-4-9-17(12-14)13(2)11-15-7-5-10-18-15/h5,7,10,13-14,16H,3-4,6,8-9,11-12H2,1-2H3. The zero-order valence-electron chi connectivity index (χ0n) is 11.7. The lowest BCUT2D eigenvalue weighted by Gasteiger charge is -2.37. The maximum Gasteiger partial charge on any atom is 0.0195 e. The van der Waals surface area contributed by atoms with Crippen LogP contribution in [0, 0.1) is 0 Å². The molecule has 2 unspecified atom stereocenters. The first-order chi connectivity index (χ1) is 8.79. The maximum atomic E-state index is 3.68. The molecular weight excluding hydrogens is 240 g/mol. The van der Waals surface area contributed by atoms with E-state index in [0.717, 1.165) is 6.54 Å². The van der Waals surface area contributed by atoms with E-state index in [1.165, 1.54) is 43.6 Å². The molecule has 1 aliphatic rings. The third-order valence-electron chi connectivity index (χ3n) is 3.84. The van der Waals surface area contributed by atoms with Crippen molar-refractivity contribution in [2.75, 3.05) is 19.6 Å². The molecule has 0 saturated carbocycles. The predicted molar refractivity (Wildman–Crippen MR) is 80.4 cm³/mol. The van der Waals surface area contributed by atoms with Gasteiger partial charge in [0.2, 0.25) is 0 Å². The summed E-state index contributed by atoms with van der Waals surface area (Å²) in [5, 5.41) is 5.86. The Bertz CT molecular complexity index is 323. The van der Waals surface area contributed by atoms with Crippen molar-refractivity contribution in [1.82, 2.24) is 10.2 Å². The quantitative estimate of drug-likeness (QED) is 0.851. The van der Waals surface area contributed by atoms with Gasteiger partial charge in [-0.2, -0.15) is 0 Å². The van der Waals surface area contributed by atoms with Gasteiger partial charge in [0, 0.05) is 23.5 Å². The van der Waals surface area contributed by atoms with E-state index < -0.39 is 0 Å². The lowest BCUT2D eigenvalue weighted by atomic mass is 10.0. The number of nitrogens with one attached hydrogen (secondary N) is 1. The number of hydrogen-bond donors (Lipinski definition) is 1. The molecule has 1 saturated heterocycles. The monoisotopic (exact) mass is 266 g/mol. The minimum absolute atomic E-state index is 0.676. The van der Waals surface area contributed by atoms with Gasteiger partial charge in [-0.1, -0.05) is 13.0 Å². The molecule has 0 radical (unpaired) electrons. The van der Waals surface area contributed by atoms with Gasteiger partial charge in [-0.25, -0.2) is 0 Å². The fourth-order valence-electron chi connectivity index (χ4n) is 2.77. The highest BCUT2D eigenvalue weighted by atomic mass is 32.1. The molecule has 1 aromatic heterocycles. The molecule has 0 aliphatic carbocycles. The highest BCUT2D eigenvalue weighted by Crippen LogP contribution is 2.18. The van der Waals surface area contributed by atoms with Crippen molar-refractivity contribution >= 4 is 11.3 Å². The zero-order chi connectivity index (χ0) is 12.8. The number of thiophene rings is 1. The van der Waals surface area contributed by atoms with Crippen LogP contribution in [0.5, 0.6) is 0 Å². The van der Waals surface area contributed by atoms with Crippen LogP contribution in [-0.4, -0.2) is 36.6 Å². The van der Waals surface area contributed by atoms with Crippen LogP contribution < -0.4 is 5.32 Å². The molecule has 0 bridgehead atoms. The molecule has 1 aromatic rings. The van der Waals surface area contributed by atoms with Crippen LogP contribution in [0.1, 0.15) is 38.0 Å². The minimum atomic E-state index is 0.676. The van der Waals surface area contributed by atoms with Gasteiger partial charge in [0.1, 0.15) is 0 Å². The number of likely N-dealkylation sites (tertiary alicyclic amines) is 1. The lowest BCUT2D eigenvalue weighted by Crippen LogP contribution is -2.49. The second-order valence-corrected chi connectivity index (χ2v) is 6.45. The molecular formula is C15H26N2S. The van der Waals surface area contributed by atoms with Crippen molar-refractivity contribution in [3.05, 3.63) is 22.4 Å². The van der Waals surface area contributed by atoms with E-state index in [2.05, 4.69) is 41.6 Å². The van der Waals surface area contributed by atoms with Crippen molar-refractivity contribution < 1.29 is 0 Å². The Kier molecular flexibility index (Phi) is 5.67. The summed E-state index contributed by atoms with van der Waals surface area (Å²) in [6.45, 7) is 8.29. The number of nitrogens with zero attached hydrogens (tertiary/aromatic N) is 1. The largest absolute Gasteiger partial charge is 0.313 e. The summed E-state index contributed by atoms with van der Waals surface area (Å²) in [7, 11) is 0. The second-order valence-electron chi connectivity index (χ2n) is 5.42. The van der Waals surface area contributed by atoms with Crippen LogP contribution in [0.15, 0.2) is 17.5 Å². The fraction of sp³-hybridized carbons (Fsp3) is 0.733. The normalized spacial score (nSPS) is 23.1. The first-order valence-corrected chi connectivity index (χ1v) is 8.17. The molecule has 2 heterocycles. The highest BCUT2D eigenvalue weighted by Gasteiger charge is 2.23. The van der Waals surface area contributed by atoms with Gasteiger partial charge in [0.15, 0.2) is 0 Å². The van der Waals surface area contributed by atoms with Crippen molar-refractivity contribution in [2.24, 2.45) is 0 Å². The van der Waals surface area contributed by atoms with E-state index >= 15 is 0 Å². The average molecular weight is 266 g/mol. The molecule has 0 spiro atoms. The van der Waals surface area contributed by atoms with Gasteiger partial charge in [0.25, 0.3) is 0 Å². The Morgan fingerprint density at radius 1 is 1.56 bits per heavy atom. The van der Waals surface area contributed by atoms with Crippen LogP contribution in [-0.2, 0) is 6.42 Å². The summed E-state index contributed by atoms with van der Waals surface area (Å²) < 4.78 is 0. The Labute approximate surface area is 115 Å². The second kappa shape index (κ2) is 7.27. The molecule has 0 aromatic carbocycles. The highest BCUT2D eigenvalue weighted by molar-refractivity contribution is 7.09. The number of rotatable bonds is 6. The molecule has 2 nitrogen and oxygen atoms in total. The van der Waals surface area contributed by atoms with Gasteiger partial charge < -0.3 is 5.32 Å². The van der Waals surface area contributed by atoms with Crippen LogP contribution in [0.2, 0.25) is 0 Å². The van der Waals surface area contributed by atoms with Crippen molar-refractivity contribution in [1.29, 1.82) is 0 Å². The van der Waals surface area contributed by atoms with Crippen molar-refractivity contribution in [3.63, 3.8) is 0 Å². The first-order valence-electron chi connectivity index (χ1n) is 7.29. The first kappa shape index (κ1) is 14.0. The molecule has 18 heavy (non-hydrogen) atoms. The Balaban J connectivity index is 1.80. The van der Waals surface area contributed by atoms with Crippen molar-refractivity contribution in [2.45, 2.75) is 51.6 Å². The SMILES string of the molecule is CCCNC1CCCN(C(C)Cc2cccs2)C1. The lowest BCUT2D eigenvalue weighted by molar-refractivity contribution is 0.145. The van der Waals surface area contributed by atoms with E-state index in [1.54, 1.807) is 0 Å². The Morgan fingerprint density at radius 3 is 3.17 bits per heavy atom. The molecule has 102 valence electrons. The third-order valence-corrected chi connectivity index (χ3v) is 4.73. The van der Waals surface area contributed by atoms with Gasteiger partial charge in [-0.3, -0.25) is 4.90 Å². The van der Waals surface area contributed by atoms with E-state index in [0.29, 0.717) is 12.1 Å². The number of piperidine rings is 1. The Morgan fingerprint density at radius 2 is 2.44 bits per heavy atom. The summed E-state index contributed by atoms with van der Waals surface area (Å²) >= 11 is 1.89. The van der Waals surface area contributed by atoms with Crippen LogP contribution in [0.4, 0.5) is 0 Å². The molecule has 1 fully saturated rings. The summed E-state index contributed by atoms with van der Waals surface area (Å²) in [6, 6.07) is 5.81. The van der Waals surface area contributed by atoms with Gasteiger partial charge in [-0.05, 0) is 57.1 Å². The zero-order valence-corrected chi connectivity index (χ0v) is 12.5. The van der Waals surface area contributed by atoms with Crippen LogP contribution in [0.25, 0.3) is 0 Å². The van der Waals surface area contributed by atoms with E-state index in [4.69, 9.17) is 0 Å². The fourth-order valence-corrected chi connectivity index (χ4v) is 3.60. The molecule has 0 amide bonds. The topological polar surface area (TPSA) is 15.3 Å².